The second-order valence-electron chi connectivity index (χ2n) is 5.20. The predicted octanol–water partition coefficient (Wildman–Crippen LogP) is 2.65. The zero-order chi connectivity index (χ0) is 15.6. The summed E-state index contributed by atoms with van der Waals surface area (Å²) in [7, 11) is 1.60. The van der Waals surface area contributed by atoms with Gasteiger partial charge in [0.05, 0.1) is 4.92 Å². The number of hydrogen-bond donors (Lipinski definition) is 1. The Kier molecular flexibility index (Phi) is 5.15. The van der Waals surface area contributed by atoms with Gasteiger partial charge in [0.25, 0.3) is 0 Å². The van der Waals surface area contributed by atoms with Crippen molar-refractivity contribution in [3.8, 4) is 0 Å². The molecule has 1 rings (SSSR count). The average molecular weight is 301 g/mol. The molecule has 0 bridgehead atoms. The van der Waals surface area contributed by atoms with Crippen LogP contribution >= 0.6 is 11.8 Å². The fraction of sp³-hybridized carbons (Fsp3) is 0.667. The second-order valence-corrected chi connectivity index (χ2v) is 6.33. The molecule has 8 heteroatoms. The Bertz CT molecular complexity index is 525. The van der Waals surface area contributed by atoms with E-state index in [1.54, 1.807) is 20.9 Å². The number of carboxylic acid groups (broad SMARTS) is 1. The first-order valence-electron chi connectivity index (χ1n) is 6.27. The third-order valence-electron chi connectivity index (χ3n) is 2.81. The molecule has 1 heterocycles. The second kappa shape index (κ2) is 6.25. The van der Waals surface area contributed by atoms with Crippen LogP contribution in [0, 0.1) is 16.0 Å². The molecule has 20 heavy (non-hydrogen) atoms. The van der Waals surface area contributed by atoms with E-state index in [0.717, 1.165) is 11.8 Å². The number of nitrogens with zero attached hydrogens (tertiary/aromatic N) is 3. The van der Waals surface area contributed by atoms with Gasteiger partial charge in [0.1, 0.15) is 10.9 Å². The number of carbonyl (C=O) groups is 1. The quantitative estimate of drug-likeness (QED) is 0.492. The highest BCUT2D eigenvalue weighted by atomic mass is 32.2. The Morgan fingerprint density at radius 3 is 2.30 bits per heavy atom. The Morgan fingerprint density at radius 2 is 1.95 bits per heavy atom. The van der Waals surface area contributed by atoms with Crippen LogP contribution in [0.5, 0.6) is 0 Å². The number of rotatable bonds is 6. The summed E-state index contributed by atoms with van der Waals surface area (Å²) in [6, 6.07) is 0. The molecule has 0 aromatic carbocycles. The number of thioether (sulfide) groups is 1. The van der Waals surface area contributed by atoms with E-state index in [9.17, 15) is 20.0 Å². The fourth-order valence-corrected chi connectivity index (χ4v) is 2.90. The predicted molar refractivity (Wildman–Crippen MR) is 76.1 cm³/mol. The lowest BCUT2D eigenvalue weighted by Crippen LogP contribution is -2.23. The van der Waals surface area contributed by atoms with E-state index in [2.05, 4.69) is 5.10 Å². The molecular weight excluding hydrogens is 282 g/mol. The zero-order valence-corrected chi connectivity index (χ0v) is 13.0. The van der Waals surface area contributed by atoms with Gasteiger partial charge in [-0.1, -0.05) is 39.5 Å². The van der Waals surface area contributed by atoms with Crippen molar-refractivity contribution in [2.24, 2.45) is 13.0 Å². The smallest absolute Gasteiger partial charge is 0.324 e. The molecule has 1 aromatic heterocycles. The maximum atomic E-state index is 11.3. The lowest BCUT2D eigenvalue weighted by Gasteiger charge is -2.14. The molecule has 1 N–H and O–H groups in total. The molecule has 0 saturated heterocycles. The van der Waals surface area contributed by atoms with Crippen LogP contribution in [0.4, 0.5) is 5.69 Å². The van der Waals surface area contributed by atoms with Gasteiger partial charge in [0, 0.05) is 13.0 Å². The standard InChI is InChI=1S/C12H19N3O4S/c1-6(2)8-9(15(18)19)11(14(5)13-8)20-10(7(3)4)12(16)17/h6-7,10H,1-5H3,(H,16,17). The lowest BCUT2D eigenvalue weighted by atomic mass is 10.1. The molecule has 0 aliphatic carbocycles. The monoisotopic (exact) mass is 301 g/mol. The molecule has 1 unspecified atom stereocenters. The summed E-state index contributed by atoms with van der Waals surface area (Å²) in [5, 5.41) is 24.2. The Morgan fingerprint density at radius 1 is 1.40 bits per heavy atom. The van der Waals surface area contributed by atoms with Crippen LogP contribution in [0.15, 0.2) is 5.03 Å². The SMILES string of the molecule is CC(C)c1nn(C)c(SC(C(=O)O)C(C)C)c1[N+](=O)[O-]. The van der Waals surface area contributed by atoms with E-state index >= 15 is 0 Å². The number of aromatic nitrogens is 2. The lowest BCUT2D eigenvalue weighted by molar-refractivity contribution is -0.388. The van der Waals surface area contributed by atoms with Crippen molar-refractivity contribution >= 4 is 23.4 Å². The topological polar surface area (TPSA) is 98.3 Å². The molecule has 7 nitrogen and oxygen atoms in total. The summed E-state index contributed by atoms with van der Waals surface area (Å²) in [5.41, 5.74) is 0.298. The van der Waals surface area contributed by atoms with E-state index in [4.69, 9.17) is 0 Å². The highest BCUT2D eigenvalue weighted by Gasteiger charge is 2.33. The van der Waals surface area contributed by atoms with Gasteiger partial charge < -0.3 is 5.11 Å². The highest BCUT2D eigenvalue weighted by molar-refractivity contribution is 8.00. The van der Waals surface area contributed by atoms with Crippen LogP contribution in [-0.2, 0) is 11.8 Å². The van der Waals surface area contributed by atoms with Crippen LogP contribution in [-0.4, -0.2) is 31.0 Å². The van der Waals surface area contributed by atoms with Crippen molar-refractivity contribution in [1.29, 1.82) is 0 Å². The molecular formula is C12H19N3O4S. The molecule has 0 radical (unpaired) electrons. The average Bonchev–Trinajstić information content (AvgIpc) is 2.62. The van der Waals surface area contributed by atoms with Crippen molar-refractivity contribution in [1.82, 2.24) is 9.78 Å². The first kappa shape index (κ1) is 16.5. The van der Waals surface area contributed by atoms with Gasteiger partial charge in [-0.25, -0.2) is 0 Å². The van der Waals surface area contributed by atoms with Gasteiger partial charge in [0.2, 0.25) is 0 Å². The molecule has 0 saturated carbocycles. The molecule has 0 fully saturated rings. The number of nitro groups is 1. The van der Waals surface area contributed by atoms with Crippen LogP contribution < -0.4 is 0 Å². The number of aryl methyl sites for hydroxylation is 1. The zero-order valence-electron chi connectivity index (χ0n) is 12.2. The number of aliphatic carboxylic acids is 1. The van der Waals surface area contributed by atoms with Gasteiger partial charge in [-0.3, -0.25) is 19.6 Å². The summed E-state index contributed by atoms with van der Waals surface area (Å²) >= 11 is 0.984. The van der Waals surface area contributed by atoms with Crippen molar-refractivity contribution in [2.45, 2.75) is 43.9 Å². The molecule has 0 amide bonds. The van der Waals surface area contributed by atoms with Gasteiger partial charge in [-0.15, -0.1) is 0 Å². The van der Waals surface area contributed by atoms with Crippen molar-refractivity contribution < 1.29 is 14.8 Å². The number of carboxylic acids is 1. The largest absolute Gasteiger partial charge is 0.480 e. The van der Waals surface area contributed by atoms with E-state index in [0.29, 0.717) is 10.7 Å². The van der Waals surface area contributed by atoms with Crippen molar-refractivity contribution in [2.75, 3.05) is 0 Å². The van der Waals surface area contributed by atoms with Crippen LogP contribution in [0.1, 0.15) is 39.3 Å². The van der Waals surface area contributed by atoms with Crippen LogP contribution in [0.2, 0.25) is 0 Å². The molecule has 112 valence electrons. The molecule has 0 spiro atoms. The summed E-state index contributed by atoms with van der Waals surface area (Å²) in [5.74, 6) is -1.22. The van der Waals surface area contributed by atoms with Gasteiger partial charge in [-0.05, 0) is 5.92 Å². The summed E-state index contributed by atoms with van der Waals surface area (Å²) in [6.45, 7) is 7.19. The summed E-state index contributed by atoms with van der Waals surface area (Å²) in [4.78, 5) is 22.0. The van der Waals surface area contributed by atoms with Crippen molar-refractivity contribution in [3.63, 3.8) is 0 Å². The normalized spacial score (nSPS) is 12.9. The third-order valence-corrected chi connectivity index (χ3v) is 4.49. The van der Waals surface area contributed by atoms with E-state index in [1.807, 2.05) is 13.8 Å². The summed E-state index contributed by atoms with van der Waals surface area (Å²) < 4.78 is 1.40. The highest BCUT2D eigenvalue weighted by Crippen LogP contribution is 2.39. The minimum absolute atomic E-state index is 0.0839. The van der Waals surface area contributed by atoms with E-state index in [1.165, 1.54) is 4.68 Å². The Hall–Kier alpha value is -1.57. The van der Waals surface area contributed by atoms with E-state index < -0.39 is 16.1 Å². The van der Waals surface area contributed by atoms with Gasteiger partial charge in [-0.2, -0.15) is 5.10 Å². The summed E-state index contributed by atoms with van der Waals surface area (Å²) in [6.07, 6.45) is 0. The Labute approximate surface area is 121 Å². The first-order valence-corrected chi connectivity index (χ1v) is 7.15. The van der Waals surface area contributed by atoms with E-state index in [-0.39, 0.29) is 17.5 Å². The van der Waals surface area contributed by atoms with Crippen LogP contribution in [0.25, 0.3) is 0 Å². The maximum Gasteiger partial charge on any atom is 0.324 e. The number of hydrogen-bond acceptors (Lipinski definition) is 5. The first-order chi connectivity index (χ1) is 9.16. The van der Waals surface area contributed by atoms with Crippen molar-refractivity contribution in [3.05, 3.63) is 15.8 Å². The fourth-order valence-electron chi connectivity index (χ4n) is 1.80. The molecule has 0 aliphatic heterocycles. The van der Waals surface area contributed by atoms with Gasteiger partial charge in [0.15, 0.2) is 5.03 Å². The Balaban J connectivity index is 3.30. The van der Waals surface area contributed by atoms with Gasteiger partial charge >= 0.3 is 11.7 Å². The minimum Gasteiger partial charge on any atom is -0.480 e. The minimum atomic E-state index is -0.980. The molecule has 0 aliphatic rings. The third kappa shape index (κ3) is 3.30. The molecule has 1 atom stereocenters. The maximum absolute atomic E-state index is 11.3. The molecule has 1 aromatic rings. The van der Waals surface area contributed by atoms with Crippen LogP contribution in [0.3, 0.4) is 0 Å².